The number of hydrogen-bond acceptors (Lipinski definition) is 2. The van der Waals surface area contributed by atoms with Crippen molar-refractivity contribution in [3.8, 4) is 0 Å². The Bertz CT molecular complexity index is 345. The fourth-order valence-electron chi connectivity index (χ4n) is 2.34. The Labute approximate surface area is 105 Å². The smallest absolute Gasteiger partial charge is 0.0237 e. The molecule has 1 aromatic rings. The van der Waals surface area contributed by atoms with Crippen LogP contribution in [0.25, 0.3) is 0 Å². The Morgan fingerprint density at radius 2 is 2.00 bits per heavy atom. The van der Waals surface area contributed by atoms with Gasteiger partial charge >= 0.3 is 0 Å². The summed E-state index contributed by atoms with van der Waals surface area (Å²) in [5.74, 6) is 0. The van der Waals surface area contributed by atoms with Gasteiger partial charge in [0.2, 0.25) is 0 Å². The van der Waals surface area contributed by atoms with Gasteiger partial charge in [0.15, 0.2) is 0 Å². The van der Waals surface area contributed by atoms with Crippen molar-refractivity contribution in [3.05, 3.63) is 35.9 Å². The van der Waals surface area contributed by atoms with Crippen LogP contribution in [-0.2, 0) is 6.54 Å². The van der Waals surface area contributed by atoms with Crippen LogP contribution in [0.1, 0.15) is 32.8 Å². The Hall–Kier alpha value is -0.860. The molecule has 0 unspecified atom stereocenters. The van der Waals surface area contributed by atoms with Gasteiger partial charge in [-0.1, -0.05) is 30.3 Å². The summed E-state index contributed by atoms with van der Waals surface area (Å²) < 4.78 is 0. The lowest BCUT2D eigenvalue weighted by atomic mass is 10.0. The lowest BCUT2D eigenvalue weighted by molar-refractivity contribution is 0.212. The molecular formula is C15H24N2. The van der Waals surface area contributed by atoms with Crippen molar-refractivity contribution in [1.29, 1.82) is 0 Å². The van der Waals surface area contributed by atoms with Crippen LogP contribution in [0, 0.1) is 0 Å². The second-order valence-corrected chi connectivity index (χ2v) is 5.82. The van der Waals surface area contributed by atoms with Gasteiger partial charge in [-0.2, -0.15) is 0 Å². The van der Waals surface area contributed by atoms with E-state index >= 15 is 0 Å². The van der Waals surface area contributed by atoms with Gasteiger partial charge in [0, 0.05) is 31.2 Å². The molecule has 2 heteroatoms. The number of benzene rings is 1. The third-order valence-corrected chi connectivity index (χ3v) is 3.75. The lowest BCUT2D eigenvalue weighted by Gasteiger charge is -2.26. The van der Waals surface area contributed by atoms with Gasteiger partial charge < -0.3 is 5.32 Å². The largest absolute Gasteiger partial charge is 0.310 e. The zero-order chi connectivity index (χ0) is 12.3. The molecule has 94 valence electrons. The molecule has 1 N–H and O–H groups in total. The summed E-state index contributed by atoms with van der Waals surface area (Å²) in [7, 11) is 0. The van der Waals surface area contributed by atoms with E-state index in [9.17, 15) is 0 Å². The highest BCUT2D eigenvalue weighted by atomic mass is 15.2. The molecule has 0 aliphatic carbocycles. The fourth-order valence-corrected chi connectivity index (χ4v) is 2.34. The van der Waals surface area contributed by atoms with E-state index in [0.717, 1.165) is 13.1 Å². The summed E-state index contributed by atoms with van der Waals surface area (Å²) in [6.07, 6.45) is 1.21. The van der Waals surface area contributed by atoms with E-state index in [4.69, 9.17) is 0 Å². The standard InChI is InChI=1S/C15H24N2/c1-13-11-16-15(2,3)9-10-17(13)12-14-7-5-4-6-8-14/h4-8,13,16H,9-12H2,1-3H3/t13-/m0/s1. The van der Waals surface area contributed by atoms with Crippen LogP contribution in [-0.4, -0.2) is 29.6 Å². The van der Waals surface area contributed by atoms with Crippen LogP contribution in [0.4, 0.5) is 0 Å². The summed E-state index contributed by atoms with van der Waals surface area (Å²) in [5, 5.41) is 3.64. The molecule has 1 heterocycles. The Morgan fingerprint density at radius 1 is 1.29 bits per heavy atom. The van der Waals surface area contributed by atoms with Gasteiger partial charge in [-0.3, -0.25) is 4.90 Å². The average Bonchev–Trinajstić information content (AvgIpc) is 2.44. The van der Waals surface area contributed by atoms with E-state index < -0.39 is 0 Å². The molecule has 0 saturated carbocycles. The maximum atomic E-state index is 3.64. The summed E-state index contributed by atoms with van der Waals surface area (Å²) in [6, 6.07) is 11.4. The van der Waals surface area contributed by atoms with Crippen molar-refractivity contribution in [2.24, 2.45) is 0 Å². The van der Waals surface area contributed by atoms with E-state index in [2.05, 4.69) is 61.3 Å². The van der Waals surface area contributed by atoms with E-state index in [0.29, 0.717) is 6.04 Å². The van der Waals surface area contributed by atoms with E-state index in [-0.39, 0.29) is 5.54 Å². The summed E-state index contributed by atoms with van der Waals surface area (Å²) in [4.78, 5) is 2.58. The second kappa shape index (κ2) is 5.19. The molecule has 1 atom stereocenters. The van der Waals surface area contributed by atoms with Gasteiger partial charge in [-0.25, -0.2) is 0 Å². The van der Waals surface area contributed by atoms with Crippen molar-refractivity contribution in [2.45, 2.75) is 45.3 Å². The number of nitrogens with one attached hydrogen (secondary N) is 1. The molecule has 0 bridgehead atoms. The predicted octanol–water partition coefficient (Wildman–Crippen LogP) is 2.65. The van der Waals surface area contributed by atoms with Crippen LogP contribution in [0.2, 0.25) is 0 Å². The van der Waals surface area contributed by atoms with Crippen molar-refractivity contribution < 1.29 is 0 Å². The van der Waals surface area contributed by atoms with Crippen LogP contribution >= 0.6 is 0 Å². The molecule has 1 saturated heterocycles. The molecule has 0 aromatic heterocycles. The third-order valence-electron chi connectivity index (χ3n) is 3.75. The molecule has 1 aromatic carbocycles. The summed E-state index contributed by atoms with van der Waals surface area (Å²) in [6.45, 7) is 10.2. The van der Waals surface area contributed by atoms with E-state index in [1.54, 1.807) is 0 Å². The highest BCUT2D eigenvalue weighted by Gasteiger charge is 2.26. The van der Waals surface area contributed by atoms with Crippen LogP contribution < -0.4 is 5.32 Å². The zero-order valence-electron chi connectivity index (χ0n) is 11.2. The molecule has 1 fully saturated rings. The first-order valence-electron chi connectivity index (χ1n) is 6.60. The molecule has 0 radical (unpaired) electrons. The van der Waals surface area contributed by atoms with E-state index in [1.165, 1.54) is 18.5 Å². The molecular weight excluding hydrogens is 208 g/mol. The zero-order valence-corrected chi connectivity index (χ0v) is 11.2. The minimum absolute atomic E-state index is 0.277. The first kappa shape index (κ1) is 12.6. The highest BCUT2D eigenvalue weighted by Crippen LogP contribution is 2.17. The molecule has 1 aliphatic heterocycles. The molecule has 2 rings (SSSR count). The van der Waals surface area contributed by atoms with Crippen molar-refractivity contribution in [3.63, 3.8) is 0 Å². The Kier molecular flexibility index (Phi) is 3.85. The quantitative estimate of drug-likeness (QED) is 0.843. The SMILES string of the molecule is C[C@H]1CNC(C)(C)CCN1Cc1ccccc1. The second-order valence-electron chi connectivity index (χ2n) is 5.82. The minimum Gasteiger partial charge on any atom is -0.310 e. The van der Waals surface area contributed by atoms with Gasteiger partial charge in [0.05, 0.1) is 0 Å². The van der Waals surface area contributed by atoms with Crippen LogP contribution in [0.5, 0.6) is 0 Å². The van der Waals surface area contributed by atoms with Gasteiger partial charge in [-0.15, -0.1) is 0 Å². The molecule has 1 aliphatic rings. The highest BCUT2D eigenvalue weighted by molar-refractivity contribution is 5.14. The minimum atomic E-state index is 0.277. The number of hydrogen-bond donors (Lipinski definition) is 1. The Morgan fingerprint density at radius 3 is 2.71 bits per heavy atom. The van der Waals surface area contributed by atoms with Crippen molar-refractivity contribution in [1.82, 2.24) is 10.2 Å². The van der Waals surface area contributed by atoms with Crippen molar-refractivity contribution >= 4 is 0 Å². The maximum Gasteiger partial charge on any atom is 0.0237 e. The summed E-state index contributed by atoms with van der Waals surface area (Å²) >= 11 is 0. The molecule has 2 nitrogen and oxygen atoms in total. The van der Waals surface area contributed by atoms with Crippen LogP contribution in [0.15, 0.2) is 30.3 Å². The van der Waals surface area contributed by atoms with Gasteiger partial charge in [0.1, 0.15) is 0 Å². The normalized spacial score (nSPS) is 25.5. The summed E-state index contributed by atoms with van der Waals surface area (Å²) in [5.41, 5.74) is 1.69. The fraction of sp³-hybridized carbons (Fsp3) is 0.600. The molecule has 17 heavy (non-hydrogen) atoms. The van der Waals surface area contributed by atoms with Gasteiger partial charge in [0.25, 0.3) is 0 Å². The monoisotopic (exact) mass is 232 g/mol. The maximum absolute atomic E-state index is 3.64. The molecule has 0 amide bonds. The first-order chi connectivity index (χ1) is 8.07. The van der Waals surface area contributed by atoms with Gasteiger partial charge in [-0.05, 0) is 32.8 Å². The van der Waals surface area contributed by atoms with Crippen LogP contribution in [0.3, 0.4) is 0 Å². The Balaban J connectivity index is 2.01. The first-order valence-corrected chi connectivity index (χ1v) is 6.60. The third kappa shape index (κ3) is 3.55. The number of nitrogens with zero attached hydrogens (tertiary/aromatic N) is 1. The topological polar surface area (TPSA) is 15.3 Å². The predicted molar refractivity (Wildman–Crippen MR) is 73.0 cm³/mol. The van der Waals surface area contributed by atoms with E-state index in [1.807, 2.05) is 0 Å². The number of rotatable bonds is 2. The molecule has 0 spiro atoms. The average molecular weight is 232 g/mol. The van der Waals surface area contributed by atoms with Crippen molar-refractivity contribution in [2.75, 3.05) is 13.1 Å². The lowest BCUT2D eigenvalue weighted by Crippen LogP contribution is -2.41.